The Morgan fingerprint density at radius 3 is 0.686 bits per heavy atom. The van der Waals surface area contributed by atoms with E-state index >= 15 is 0 Å². The highest BCUT2D eigenvalue weighted by Gasteiger charge is 2.54. The van der Waals surface area contributed by atoms with Gasteiger partial charge in [-0.15, -0.1) is 0 Å². The molecule has 22 heteroatoms. The summed E-state index contributed by atoms with van der Waals surface area (Å²) >= 11 is 0. The summed E-state index contributed by atoms with van der Waals surface area (Å²) in [5, 5.41) is 0. The molecule has 70 heavy (non-hydrogen) atoms. The quantitative estimate of drug-likeness (QED) is 0.166. The van der Waals surface area contributed by atoms with Crippen molar-refractivity contribution in [3.8, 4) is 33.4 Å². The van der Waals surface area contributed by atoms with Crippen molar-refractivity contribution in [1.82, 2.24) is 15.0 Å². The maximum Gasteiger partial charge on any atom is 0.433 e. The minimum Gasteiger partial charge on any atom is -0.309 e. The fourth-order valence-corrected chi connectivity index (χ4v) is 9.95. The first-order chi connectivity index (χ1) is 31.8. The molecule has 0 saturated carbocycles. The molecule has 0 radical (unpaired) electrons. The molecule has 3 aliphatic heterocycles. The second-order valence-electron chi connectivity index (χ2n) is 18.8. The van der Waals surface area contributed by atoms with Crippen molar-refractivity contribution in [2.45, 2.75) is 94.8 Å². The Kier molecular flexibility index (Phi) is 10.0. The largest absolute Gasteiger partial charge is 0.433 e. The molecular formula is C48H30F18N4. The molecule has 0 amide bonds. The van der Waals surface area contributed by atoms with Crippen LogP contribution in [-0.2, 0) is 53.3 Å². The van der Waals surface area contributed by atoms with Gasteiger partial charge in [0.25, 0.3) is 0 Å². The average Bonchev–Trinajstić information content (AvgIpc) is 3.22. The summed E-state index contributed by atoms with van der Waals surface area (Å²) in [5.74, 6) is 0. The lowest BCUT2D eigenvalue weighted by molar-refractivity contribution is -0.146. The Morgan fingerprint density at radius 1 is 0.314 bits per heavy atom. The van der Waals surface area contributed by atoms with Crippen LogP contribution in [0, 0.1) is 0 Å². The third-order valence-electron chi connectivity index (χ3n) is 13.5. The third-order valence-corrected chi connectivity index (χ3v) is 13.5. The van der Waals surface area contributed by atoms with Gasteiger partial charge < -0.3 is 4.90 Å². The van der Waals surface area contributed by atoms with Gasteiger partial charge in [0.15, 0.2) is 0 Å². The molecule has 4 nitrogen and oxygen atoms in total. The topological polar surface area (TPSA) is 41.9 Å². The molecule has 0 atom stereocenters. The van der Waals surface area contributed by atoms with E-state index in [1.807, 2.05) is 0 Å². The number of alkyl halides is 18. The van der Waals surface area contributed by atoms with E-state index in [0.29, 0.717) is 18.6 Å². The zero-order chi connectivity index (χ0) is 51.8. The molecule has 0 spiro atoms. The van der Waals surface area contributed by atoms with Gasteiger partial charge in [-0.3, -0.25) is 15.0 Å². The van der Waals surface area contributed by atoms with Gasteiger partial charge in [-0.05, 0) is 105 Å². The summed E-state index contributed by atoms with van der Waals surface area (Å²) in [6.45, 7) is 9.33. The highest BCUT2D eigenvalue weighted by Crippen LogP contribution is 2.68. The van der Waals surface area contributed by atoms with Gasteiger partial charge in [-0.1, -0.05) is 41.5 Å². The lowest BCUT2D eigenvalue weighted by atomic mass is 9.59. The monoisotopic (exact) mass is 1000 g/mol. The number of benzene rings is 3. The van der Waals surface area contributed by atoms with E-state index in [0.717, 1.165) is 0 Å². The molecule has 0 unspecified atom stereocenters. The fourth-order valence-electron chi connectivity index (χ4n) is 9.95. The van der Waals surface area contributed by atoms with E-state index in [-0.39, 0.29) is 85.3 Å². The highest BCUT2D eigenvalue weighted by molar-refractivity contribution is 6.01. The van der Waals surface area contributed by atoms with Crippen molar-refractivity contribution in [3.63, 3.8) is 0 Å². The molecule has 9 rings (SSSR count). The van der Waals surface area contributed by atoms with Gasteiger partial charge >= 0.3 is 37.1 Å². The molecule has 0 aliphatic carbocycles. The second kappa shape index (κ2) is 14.4. The number of nitrogens with zero attached hydrogens (tertiary/aromatic N) is 4. The molecule has 6 aromatic rings. The van der Waals surface area contributed by atoms with Gasteiger partial charge in [-0.2, -0.15) is 79.0 Å². The number of hydrogen-bond acceptors (Lipinski definition) is 4. The second-order valence-corrected chi connectivity index (χ2v) is 18.8. The summed E-state index contributed by atoms with van der Waals surface area (Å²) in [4.78, 5) is 11.5. The highest BCUT2D eigenvalue weighted by atomic mass is 19.4. The number of anilines is 3. The van der Waals surface area contributed by atoms with Crippen LogP contribution >= 0.6 is 0 Å². The lowest BCUT2D eigenvalue weighted by Crippen LogP contribution is -2.43. The van der Waals surface area contributed by atoms with Crippen molar-refractivity contribution in [2.75, 3.05) is 4.90 Å². The van der Waals surface area contributed by atoms with E-state index in [1.165, 1.54) is 36.4 Å². The van der Waals surface area contributed by atoms with E-state index < -0.39 is 104 Å². The summed E-state index contributed by atoms with van der Waals surface area (Å²) < 4.78 is 258. The first kappa shape index (κ1) is 48.7. The van der Waals surface area contributed by atoms with E-state index in [1.54, 1.807) is 46.4 Å². The van der Waals surface area contributed by atoms with Crippen LogP contribution in [-0.4, -0.2) is 15.0 Å². The van der Waals surface area contributed by atoms with Crippen LogP contribution < -0.4 is 4.90 Å². The van der Waals surface area contributed by atoms with E-state index in [2.05, 4.69) is 15.0 Å². The van der Waals surface area contributed by atoms with Crippen LogP contribution in [0.4, 0.5) is 96.1 Å². The summed E-state index contributed by atoms with van der Waals surface area (Å²) in [7, 11) is 0. The SMILES string of the molecule is CC1(C)c2cc(-c3cnc(C(F)(F)F)cc3C(F)(F)F)cc3c2N2c4c1cc(-c1cnc(C(F)(F)F)cc1C(F)(F)F)cc4C(C)(C)c1cc(-c4cnc(C(F)(F)F)cc4C(F)(F)F)cc(c12)C3(C)C. The Hall–Kier alpha value is -6.35. The molecule has 3 aliphatic rings. The first-order valence-corrected chi connectivity index (χ1v) is 20.6. The van der Waals surface area contributed by atoms with Crippen molar-refractivity contribution in [3.05, 3.63) is 140 Å². The molecule has 0 bridgehead atoms. The van der Waals surface area contributed by atoms with Crippen LogP contribution in [0.1, 0.15) is 109 Å². The molecule has 3 aromatic carbocycles. The zero-order valence-corrected chi connectivity index (χ0v) is 36.5. The fraction of sp³-hybridized carbons (Fsp3) is 0.312. The maximum atomic E-state index is 14.8. The predicted molar refractivity (Wildman–Crippen MR) is 217 cm³/mol. The van der Waals surface area contributed by atoms with Crippen molar-refractivity contribution >= 4 is 17.1 Å². The Labute approximate surface area is 384 Å². The Bertz CT molecular complexity index is 2800. The van der Waals surface area contributed by atoms with Gasteiger partial charge in [0.05, 0.1) is 33.8 Å². The zero-order valence-electron chi connectivity index (χ0n) is 36.5. The van der Waals surface area contributed by atoms with Crippen LogP contribution in [0.25, 0.3) is 33.4 Å². The van der Waals surface area contributed by atoms with Gasteiger partial charge in [0.2, 0.25) is 0 Å². The van der Waals surface area contributed by atoms with Crippen LogP contribution in [0.3, 0.4) is 0 Å². The number of aromatic nitrogens is 3. The smallest absolute Gasteiger partial charge is 0.309 e. The Morgan fingerprint density at radius 2 is 0.514 bits per heavy atom. The normalized spacial score (nSPS) is 16.9. The molecule has 3 aromatic heterocycles. The van der Waals surface area contributed by atoms with Crippen LogP contribution in [0.2, 0.25) is 0 Å². The molecule has 0 fully saturated rings. The van der Waals surface area contributed by atoms with Crippen LogP contribution in [0.15, 0.2) is 73.2 Å². The Balaban J connectivity index is 1.43. The van der Waals surface area contributed by atoms with Crippen molar-refractivity contribution in [1.29, 1.82) is 0 Å². The number of pyridine rings is 3. The minimum atomic E-state index is -5.43. The third kappa shape index (κ3) is 7.27. The molecular weight excluding hydrogens is 975 g/mol. The predicted octanol–water partition coefficient (Wildman–Crippen LogP) is 16.4. The minimum absolute atomic E-state index is 0.143. The number of rotatable bonds is 3. The number of halogens is 18. The molecule has 0 saturated heterocycles. The average molecular weight is 1000 g/mol. The summed E-state index contributed by atoms with van der Waals surface area (Å²) in [6.07, 6.45) is -31.2. The molecule has 368 valence electrons. The van der Waals surface area contributed by atoms with E-state index in [9.17, 15) is 79.0 Å². The maximum absolute atomic E-state index is 14.8. The summed E-state index contributed by atoms with van der Waals surface area (Å²) in [5.41, 5.74) is -17.4. The van der Waals surface area contributed by atoms with Gasteiger partial charge in [-0.25, -0.2) is 0 Å². The van der Waals surface area contributed by atoms with E-state index in [4.69, 9.17) is 0 Å². The molecule has 0 N–H and O–H groups in total. The molecule has 6 heterocycles. The van der Waals surface area contributed by atoms with Crippen molar-refractivity contribution in [2.24, 2.45) is 0 Å². The van der Waals surface area contributed by atoms with Gasteiger partial charge in [0.1, 0.15) is 17.1 Å². The van der Waals surface area contributed by atoms with Crippen molar-refractivity contribution < 1.29 is 79.0 Å². The van der Waals surface area contributed by atoms with Crippen LogP contribution in [0.5, 0.6) is 0 Å². The number of hydrogen-bond donors (Lipinski definition) is 0. The summed E-state index contributed by atoms with van der Waals surface area (Å²) in [6, 6.07) is 6.91. The first-order valence-electron chi connectivity index (χ1n) is 20.6. The lowest BCUT2D eigenvalue weighted by Gasteiger charge is -2.55. The van der Waals surface area contributed by atoms with Gasteiger partial charge in [0, 0.05) is 51.5 Å². The standard InChI is InChI=1S/C48H30F18N4/c1-40(2)28-7-19(22-16-67-34(46(58,59)60)13-25(22)43(49,50)51)9-30-37(28)70-38-29(40)8-20(23-17-68-35(47(61,62)63)14-26(23)44(52,53)54)10-31(38)42(5,6)33-12-21(11-32(39(33)70)41(30,3)4)24-18-69-36(48(64,65)66)15-27(24)45(55,56)57/h7-18H,1-6H3.